The summed E-state index contributed by atoms with van der Waals surface area (Å²) < 4.78 is 0. The third-order valence-electron chi connectivity index (χ3n) is 4.75. The molecule has 2 N–H and O–H groups in total. The molecule has 0 unspecified atom stereocenters. The number of rotatable bonds is 4. The first-order valence-electron chi connectivity index (χ1n) is 9.24. The summed E-state index contributed by atoms with van der Waals surface area (Å²) >= 11 is 0. The Morgan fingerprint density at radius 2 is 1.67 bits per heavy atom. The second-order valence-electron chi connectivity index (χ2n) is 6.74. The summed E-state index contributed by atoms with van der Waals surface area (Å²) in [5, 5.41) is 14.9. The summed E-state index contributed by atoms with van der Waals surface area (Å²) in [7, 11) is 0. The quantitative estimate of drug-likeness (QED) is 0.812. The van der Waals surface area contributed by atoms with Gasteiger partial charge in [0.15, 0.2) is 0 Å². The Bertz CT molecular complexity index is 864. The fourth-order valence-corrected chi connectivity index (χ4v) is 3.26. The van der Waals surface area contributed by atoms with E-state index >= 15 is 0 Å². The molecule has 0 radical (unpaired) electrons. The van der Waals surface area contributed by atoms with Gasteiger partial charge in [-0.05, 0) is 31.0 Å². The molecule has 1 aromatic carbocycles. The first kappa shape index (κ1) is 18.6. The molecule has 1 fully saturated rings. The highest BCUT2D eigenvalue weighted by molar-refractivity contribution is 6.06. The summed E-state index contributed by atoms with van der Waals surface area (Å²) in [6.07, 6.45) is 9.54. The summed E-state index contributed by atoms with van der Waals surface area (Å²) in [4.78, 5) is 29.1. The van der Waals surface area contributed by atoms with Crippen molar-refractivity contribution in [2.45, 2.75) is 44.6 Å². The van der Waals surface area contributed by atoms with Crippen LogP contribution in [0.25, 0.3) is 0 Å². The van der Waals surface area contributed by atoms with Gasteiger partial charge in [-0.1, -0.05) is 37.8 Å². The standard InChI is InChI=1S/C21H22N4O2/c22-12-15-7-5-6-10-19(15)25-21(27)17-11-16(13-23-14-17)20(26)24-18-8-3-1-2-4-9-18/h5-7,10-11,13-14,18H,1-4,8-9H2,(H,24,26)(H,25,27). The molecule has 1 aliphatic rings. The monoisotopic (exact) mass is 362 g/mol. The van der Waals surface area contributed by atoms with E-state index in [1.807, 2.05) is 6.07 Å². The molecule has 6 nitrogen and oxygen atoms in total. The smallest absolute Gasteiger partial charge is 0.257 e. The van der Waals surface area contributed by atoms with Gasteiger partial charge in [0.2, 0.25) is 0 Å². The molecule has 2 amide bonds. The zero-order valence-corrected chi connectivity index (χ0v) is 15.1. The number of benzene rings is 1. The molecular formula is C21H22N4O2. The molecule has 27 heavy (non-hydrogen) atoms. The Kier molecular flexibility index (Phi) is 6.16. The van der Waals surface area contributed by atoms with Crippen molar-refractivity contribution in [2.24, 2.45) is 0 Å². The molecule has 1 saturated carbocycles. The van der Waals surface area contributed by atoms with Crippen molar-refractivity contribution in [1.82, 2.24) is 10.3 Å². The van der Waals surface area contributed by atoms with E-state index in [1.54, 1.807) is 24.3 Å². The van der Waals surface area contributed by atoms with Crippen LogP contribution in [-0.4, -0.2) is 22.8 Å². The Labute approximate surface area is 158 Å². The van der Waals surface area contributed by atoms with E-state index in [-0.39, 0.29) is 17.5 Å². The fourth-order valence-electron chi connectivity index (χ4n) is 3.26. The molecule has 138 valence electrons. The van der Waals surface area contributed by atoms with Gasteiger partial charge in [-0.15, -0.1) is 0 Å². The third-order valence-corrected chi connectivity index (χ3v) is 4.75. The first-order valence-corrected chi connectivity index (χ1v) is 9.24. The third kappa shape index (κ3) is 4.91. The SMILES string of the molecule is N#Cc1ccccc1NC(=O)c1cncc(C(=O)NC2CCCCCC2)c1. The Morgan fingerprint density at radius 1 is 1.00 bits per heavy atom. The molecule has 2 aromatic rings. The highest BCUT2D eigenvalue weighted by atomic mass is 16.2. The molecule has 3 rings (SSSR count). The number of hydrogen-bond acceptors (Lipinski definition) is 4. The summed E-state index contributed by atoms with van der Waals surface area (Å²) in [5.74, 6) is -0.615. The zero-order valence-electron chi connectivity index (χ0n) is 15.1. The minimum Gasteiger partial charge on any atom is -0.349 e. The number of hydrogen-bond donors (Lipinski definition) is 2. The average Bonchev–Trinajstić information content (AvgIpc) is 2.97. The first-order chi connectivity index (χ1) is 13.2. The van der Waals surface area contributed by atoms with Gasteiger partial charge in [-0.2, -0.15) is 5.26 Å². The van der Waals surface area contributed by atoms with Crippen LogP contribution in [0, 0.1) is 11.3 Å². The van der Waals surface area contributed by atoms with Crippen molar-refractivity contribution in [3.8, 4) is 6.07 Å². The van der Waals surface area contributed by atoms with E-state index in [2.05, 4.69) is 15.6 Å². The number of amides is 2. The predicted molar refractivity (Wildman–Crippen MR) is 102 cm³/mol. The van der Waals surface area contributed by atoms with Gasteiger partial charge < -0.3 is 10.6 Å². The number of nitriles is 1. The molecule has 0 atom stereocenters. The number of pyridine rings is 1. The minimum absolute atomic E-state index is 0.181. The maximum Gasteiger partial charge on any atom is 0.257 e. The van der Waals surface area contributed by atoms with Gasteiger partial charge in [-0.25, -0.2) is 0 Å². The van der Waals surface area contributed by atoms with Gasteiger partial charge in [0.1, 0.15) is 6.07 Å². The van der Waals surface area contributed by atoms with E-state index in [1.165, 1.54) is 31.3 Å². The largest absolute Gasteiger partial charge is 0.349 e. The second kappa shape index (κ2) is 8.95. The van der Waals surface area contributed by atoms with Gasteiger partial charge in [0.25, 0.3) is 11.8 Å². The fraction of sp³-hybridized carbons (Fsp3) is 0.333. The maximum atomic E-state index is 12.5. The molecular weight excluding hydrogens is 340 g/mol. The number of aromatic nitrogens is 1. The van der Waals surface area contributed by atoms with Crippen LogP contribution in [0.1, 0.15) is 64.8 Å². The number of nitrogens with zero attached hydrogens (tertiary/aromatic N) is 2. The van der Waals surface area contributed by atoms with Crippen LogP contribution in [-0.2, 0) is 0 Å². The lowest BCUT2D eigenvalue weighted by Crippen LogP contribution is -2.34. The molecule has 0 bridgehead atoms. The van der Waals surface area contributed by atoms with Crippen molar-refractivity contribution in [3.63, 3.8) is 0 Å². The number of carbonyl (C=O) groups is 2. The van der Waals surface area contributed by atoms with Gasteiger partial charge >= 0.3 is 0 Å². The van der Waals surface area contributed by atoms with Crippen molar-refractivity contribution in [3.05, 3.63) is 59.4 Å². The summed E-state index contributed by atoms with van der Waals surface area (Å²) in [6, 6.07) is 10.5. The van der Waals surface area contributed by atoms with E-state index < -0.39 is 5.91 Å². The highest BCUT2D eigenvalue weighted by Gasteiger charge is 2.17. The molecule has 1 aromatic heterocycles. The molecule has 6 heteroatoms. The van der Waals surface area contributed by atoms with E-state index in [9.17, 15) is 9.59 Å². The lowest BCUT2D eigenvalue weighted by molar-refractivity contribution is 0.0933. The number of nitrogens with one attached hydrogen (secondary N) is 2. The molecule has 1 aliphatic carbocycles. The van der Waals surface area contributed by atoms with Crippen molar-refractivity contribution in [2.75, 3.05) is 5.32 Å². The van der Waals surface area contributed by atoms with Crippen LogP contribution in [0.4, 0.5) is 5.69 Å². The molecule has 0 saturated heterocycles. The van der Waals surface area contributed by atoms with Gasteiger partial charge in [0, 0.05) is 18.4 Å². The molecule has 0 aliphatic heterocycles. The maximum absolute atomic E-state index is 12.5. The van der Waals surface area contributed by atoms with E-state index in [0.29, 0.717) is 16.8 Å². The lowest BCUT2D eigenvalue weighted by Gasteiger charge is -2.16. The number of para-hydroxylation sites is 1. The number of carbonyl (C=O) groups excluding carboxylic acids is 2. The average molecular weight is 362 g/mol. The highest BCUT2D eigenvalue weighted by Crippen LogP contribution is 2.18. The zero-order chi connectivity index (χ0) is 19.1. The normalized spacial score (nSPS) is 14.6. The van der Waals surface area contributed by atoms with Crippen LogP contribution >= 0.6 is 0 Å². The predicted octanol–water partition coefficient (Wildman–Crippen LogP) is 3.66. The Morgan fingerprint density at radius 3 is 2.37 bits per heavy atom. The van der Waals surface area contributed by atoms with Gasteiger partial charge in [-0.3, -0.25) is 14.6 Å². The Hall–Kier alpha value is -3.20. The van der Waals surface area contributed by atoms with Crippen molar-refractivity contribution < 1.29 is 9.59 Å². The molecule has 0 spiro atoms. The summed E-state index contributed by atoms with van der Waals surface area (Å²) in [5.41, 5.74) is 1.44. The minimum atomic E-state index is -0.408. The Balaban J connectivity index is 1.70. The van der Waals surface area contributed by atoms with Crippen LogP contribution < -0.4 is 10.6 Å². The number of anilines is 1. The van der Waals surface area contributed by atoms with Crippen molar-refractivity contribution >= 4 is 17.5 Å². The summed E-state index contributed by atoms with van der Waals surface area (Å²) in [6.45, 7) is 0. The van der Waals surface area contributed by atoms with E-state index in [4.69, 9.17) is 5.26 Å². The molecule has 1 heterocycles. The van der Waals surface area contributed by atoms with Crippen LogP contribution in [0.15, 0.2) is 42.7 Å². The van der Waals surface area contributed by atoms with Crippen molar-refractivity contribution in [1.29, 1.82) is 5.26 Å². The van der Waals surface area contributed by atoms with E-state index in [0.717, 1.165) is 25.7 Å². The second-order valence-corrected chi connectivity index (χ2v) is 6.74. The van der Waals surface area contributed by atoms with Crippen LogP contribution in [0.3, 0.4) is 0 Å². The lowest BCUT2D eigenvalue weighted by atomic mass is 10.1. The topological polar surface area (TPSA) is 94.9 Å². The van der Waals surface area contributed by atoms with Gasteiger partial charge in [0.05, 0.1) is 22.4 Å². The van der Waals surface area contributed by atoms with Crippen LogP contribution in [0.5, 0.6) is 0 Å². The van der Waals surface area contributed by atoms with Crippen LogP contribution in [0.2, 0.25) is 0 Å².